The maximum atomic E-state index is 4.94. The van der Waals surface area contributed by atoms with Crippen molar-refractivity contribution < 1.29 is 0 Å². The van der Waals surface area contributed by atoms with Gasteiger partial charge in [-0.3, -0.25) is 4.90 Å². The van der Waals surface area contributed by atoms with Crippen LogP contribution >= 0.6 is 11.3 Å². The Morgan fingerprint density at radius 2 is 1.95 bits per heavy atom. The molecule has 1 atom stereocenters. The van der Waals surface area contributed by atoms with Crippen LogP contribution in [0.4, 0.5) is 5.13 Å². The zero-order valence-corrected chi connectivity index (χ0v) is 13.1. The van der Waals surface area contributed by atoms with Crippen LogP contribution in [0, 0.1) is 0 Å². The largest absolute Gasteiger partial charge is 0.346 e. The number of fused-ring (bicyclic) bond motifs is 1. The first-order valence-electron chi connectivity index (χ1n) is 8.01. The Bertz CT molecular complexity index is 474. The van der Waals surface area contributed by atoms with Crippen LogP contribution in [-0.4, -0.2) is 49.2 Å². The van der Waals surface area contributed by atoms with Gasteiger partial charge in [0.15, 0.2) is 5.13 Å². The van der Waals surface area contributed by atoms with Crippen molar-refractivity contribution >= 4 is 16.5 Å². The van der Waals surface area contributed by atoms with E-state index in [1.54, 1.807) is 0 Å². The number of aromatic nitrogens is 1. The maximum Gasteiger partial charge on any atom is 0.185 e. The summed E-state index contributed by atoms with van der Waals surface area (Å²) in [5, 5.41) is 4.72. The van der Waals surface area contributed by atoms with Gasteiger partial charge in [-0.15, -0.1) is 0 Å². The summed E-state index contributed by atoms with van der Waals surface area (Å²) >= 11 is 1.93. The van der Waals surface area contributed by atoms with E-state index in [0.29, 0.717) is 6.04 Å². The van der Waals surface area contributed by atoms with Crippen LogP contribution in [0.25, 0.3) is 0 Å². The van der Waals surface area contributed by atoms with Crippen LogP contribution in [0.5, 0.6) is 0 Å². The summed E-state index contributed by atoms with van der Waals surface area (Å²) in [4.78, 5) is 11.6. The van der Waals surface area contributed by atoms with E-state index in [9.17, 15) is 0 Å². The Labute approximate surface area is 125 Å². The highest BCUT2D eigenvalue weighted by Gasteiger charge is 2.32. The van der Waals surface area contributed by atoms with Crippen LogP contribution in [0.3, 0.4) is 0 Å². The van der Waals surface area contributed by atoms with Gasteiger partial charge in [0.2, 0.25) is 0 Å². The van der Waals surface area contributed by atoms with Crippen LogP contribution in [0.2, 0.25) is 0 Å². The smallest absolute Gasteiger partial charge is 0.185 e. The number of thiazole rings is 1. The Balaban J connectivity index is 1.47. The number of piperazine rings is 1. The number of anilines is 1. The van der Waals surface area contributed by atoms with Gasteiger partial charge in [0, 0.05) is 43.1 Å². The van der Waals surface area contributed by atoms with Gasteiger partial charge >= 0.3 is 0 Å². The molecule has 1 N–H and O–H groups in total. The normalized spacial score (nSPS) is 27.6. The predicted molar refractivity (Wildman–Crippen MR) is 83.7 cm³/mol. The molecule has 1 saturated carbocycles. The molecule has 0 spiro atoms. The molecule has 20 heavy (non-hydrogen) atoms. The van der Waals surface area contributed by atoms with Crippen molar-refractivity contribution in [2.45, 2.75) is 44.2 Å². The first kappa shape index (κ1) is 13.0. The van der Waals surface area contributed by atoms with Gasteiger partial charge in [-0.2, -0.15) is 0 Å². The molecule has 2 fully saturated rings. The highest BCUT2D eigenvalue weighted by molar-refractivity contribution is 7.15. The van der Waals surface area contributed by atoms with E-state index in [-0.39, 0.29) is 0 Å². The minimum atomic E-state index is 0.540. The lowest BCUT2D eigenvalue weighted by molar-refractivity contribution is 0.248. The van der Waals surface area contributed by atoms with Crippen molar-refractivity contribution in [1.82, 2.24) is 15.2 Å². The minimum Gasteiger partial charge on any atom is -0.346 e. The van der Waals surface area contributed by atoms with Crippen molar-refractivity contribution in [3.8, 4) is 0 Å². The van der Waals surface area contributed by atoms with E-state index < -0.39 is 0 Å². The summed E-state index contributed by atoms with van der Waals surface area (Å²) in [6, 6.07) is 1.45. The second kappa shape index (κ2) is 5.28. The number of hydrogen-bond acceptors (Lipinski definition) is 5. The highest BCUT2D eigenvalue weighted by Crippen LogP contribution is 2.38. The fraction of sp³-hybridized carbons (Fsp3) is 0.800. The number of nitrogens with one attached hydrogen (secondary N) is 1. The van der Waals surface area contributed by atoms with E-state index in [1.165, 1.54) is 60.9 Å². The molecule has 110 valence electrons. The average molecular weight is 292 g/mol. The topological polar surface area (TPSA) is 31.4 Å². The molecule has 0 amide bonds. The lowest BCUT2D eigenvalue weighted by atomic mass is 9.98. The van der Waals surface area contributed by atoms with Gasteiger partial charge in [-0.1, -0.05) is 11.3 Å². The van der Waals surface area contributed by atoms with Gasteiger partial charge in [0.05, 0.1) is 5.69 Å². The SMILES string of the molecule is CNC1CCCc2nc(N3CCN(C4CC4)CC3)sc21. The second-order valence-electron chi connectivity index (χ2n) is 6.30. The summed E-state index contributed by atoms with van der Waals surface area (Å²) in [6.07, 6.45) is 6.56. The van der Waals surface area contributed by atoms with Gasteiger partial charge in [0.1, 0.15) is 0 Å². The first-order chi connectivity index (χ1) is 9.85. The van der Waals surface area contributed by atoms with Crippen LogP contribution < -0.4 is 10.2 Å². The number of aryl methyl sites for hydroxylation is 1. The quantitative estimate of drug-likeness (QED) is 0.923. The lowest BCUT2D eigenvalue weighted by Crippen LogP contribution is -2.47. The third kappa shape index (κ3) is 2.36. The molecule has 4 rings (SSSR count). The van der Waals surface area contributed by atoms with Gasteiger partial charge in [0.25, 0.3) is 0 Å². The molecule has 4 nitrogen and oxygen atoms in total. The average Bonchev–Trinajstić information content (AvgIpc) is 3.25. The van der Waals surface area contributed by atoms with E-state index in [4.69, 9.17) is 4.98 Å². The van der Waals surface area contributed by atoms with Crippen LogP contribution in [-0.2, 0) is 6.42 Å². The Hall–Kier alpha value is -0.650. The molecular formula is C15H24N4S. The van der Waals surface area contributed by atoms with Crippen molar-refractivity contribution in [3.05, 3.63) is 10.6 Å². The highest BCUT2D eigenvalue weighted by atomic mass is 32.1. The zero-order valence-electron chi connectivity index (χ0n) is 12.3. The van der Waals surface area contributed by atoms with Gasteiger partial charge < -0.3 is 10.2 Å². The predicted octanol–water partition coefficient (Wildman–Crippen LogP) is 2.02. The Kier molecular flexibility index (Phi) is 3.44. The van der Waals surface area contributed by atoms with Crippen molar-refractivity contribution in [1.29, 1.82) is 0 Å². The Morgan fingerprint density at radius 3 is 2.65 bits per heavy atom. The number of rotatable bonds is 3. The van der Waals surface area contributed by atoms with E-state index in [2.05, 4.69) is 22.2 Å². The molecule has 0 radical (unpaired) electrons. The third-order valence-corrected chi connectivity index (χ3v) is 6.21. The van der Waals surface area contributed by atoms with E-state index in [1.807, 2.05) is 11.3 Å². The molecule has 1 unspecified atom stereocenters. The molecule has 0 aromatic carbocycles. The van der Waals surface area contributed by atoms with Gasteiger partial charge in [-0.05, 0) is 39.2 Å². The van der Waals surface area contributed by atoms with Crippen molar-refractivity contribution in [3.63, 3.8) is 0 Å². The third-order valence-electron chi connectivity index (χ3n) is 4.94. The van der Waals surface area contributed by atoms with Crippen LogP contribution in [0.1, 0.15) is 42.3 Å². The summed E-state index contributed by atoms with van der Waals surface area (Å²) < 4.78 is 0. The molecule has 1 aromatic rings. The minimum absolute atomic E-state index is 0.540. The molecule has 0 bridgehead atoms. The molecule has 1 aliphatic heterocycles. The maximum absolute atomic E-state index is 4.94. The van der Waals surface area contributed by atoms with Gasteiger partial charge in [-0.25, -0.2) is 4.98 Å². The van der Waals surface area contributed by atoms with Crippen LogP contribution in [0.15, 0.2) is 0 Å². The fourth-order valence-electron chi connectivity index (χ4n) is 3.54. The molecule has 1 saturated heterocycles. The van der Waals surface area contributed by atoms with E-state index >= 15 is 0 Å². The van der Waals surface area contributed by atoms with Crippen molar-refractivity contribution in [2.24, 2.45) is 0 Å². The standard InChI is InChI=1S/C15H24N4S/c1-16-12-3-2-4-13-14(12)20-15(17-13)19-9-7-18(8-10-19)11-5-6-11/h11-12,16H,2-10H2,1H3. The zero-order chi connectivity index (χ0) is 13.5. The Morgan fingerprint density at radius 1 is 1.15 bits per heavy atom. The molecule has 2 aliphatic carbocycles. The monoisotopic (exact) mass is 292 g/mol. The summed E-state index contributed by atoms with van der Waals surface area (Å²) in [7, 11) is 2.08. The lowest BCUT2D eigenvalue weighted by Gasteiger charge is -2.34. The van der Waals surface area contributed by atoms with E-state index in [0.717, 1.165) is 19.1 Å². The summed E-state index contributed by atoms with van der Waals surface area (Å²) in [5.74, 6) is 0. The summed E-state index contributed by atoms with van der Waals surface area (Å²) in [6.45, 7) is 4.77. The number of nitrogens with zero attached hydrogens (tertiary/aromatic N) is 3. The molecule has 5 heteroatoms. The second-order valence-corrected chi connectivity index (χ2v) is 7.30. The molecule has 2 heterocycles. The summed E-state index contributed by atoms with van der Waals surface area (Å²) in [5.41, 5.74) is 1.36. The fourth-order valence-corrected chi connectivity index (χ4v) is 4.84. The molecule has 3 aliphatic rings. The molecule has 1 aromatic heterocycles. The first-order valence-corrected chi connectivity index (χ1v) is 8.82. The number of hydrogen-bond donors (Lipinski definition) is 1. The van der Waals surface area contributed by atoms with Crippen molar-refractivity contribution in [2.75, 3.05) is 38.1 Å². The molecular weight excluding hydrogens is 268 g/mol.